The molecular weight excluding hydrogens is 266 g/mol. The van der Waals surface area contributed by atoms with Gasteiger partial charge in [-0.25, -0.2) is 0 Å². The van der Waals surface area contributed by atoms with Crippen molar-refractivity contribution in [1.82, 2.24) is 4.90 Å². The summed E-state index contributed by atoms with van der Waals surface area (Å²) < 4.78 is 0.344. The molecule has 1 aromatic rings. The molecule has 3 heteroatoms. The summed E-state index contributed by atoms with van der Waals surface area (Å²) in [6.45, 7) is 11.3. The lowest BCUT2D eigenvalue weighted by atomic mass is 10.0. The fourth-order valence-corrected chi connectivity index (χ4v) is 3.68. The van der Waals surface area contributed by atoms with Gasteiger partial charge in [0.25, 0.3) is 0 Å². The quantitative estimate of drug-likeness (QED) is 0.792. The molecule has 2 rings (SSSR count). The van der Waals surface area contributed by atoms with Crippen LogP contribution < -0.4 is 0 Å². The number of hydrogen-bond acceptors (Lipinski definition) is 3. The van der Waals surface area contributed by atoms with Crippen molar-refractivity contribution in [3.05, 3.63) is 34.9 Å². The van der Waals surface area contributed by atoms with E-state index in [1.807, 2.05) is 37.7 Å². The van der Waals surface area contributed by atoms with Gasteiger partial charge in [-0.05, 0) is 38.4 Å². The van der Waals surface area contributed by atoms with E-state index < -0.39 is 0 Å². The van der Waals surface area contributed by atoms with E-state index in [4.69, 9.17) is 0 Å². The fraction of sp³-hybridized carbons (Fsp3) is 0.588. The predicted molar refractivity (Wildman–Crippen MR) is 87.8 cm³/mol. The number of benzene rings is 1. The van der Waals surface area contributed by atoms with E-state index in [0.29, 0.717) is 11.3 Å². The predicted octanol–water partition coefficient (Wildman–Crippen LogP) is 3.70. The first-order chi connectivity index (χ1) is 9.37. The summed E-state index contributed by atoms with van der Waals surface area (Å²) in [5.74, 6) is 1.38. The topological polar surface area (TPSA) is 20.3 Å². The average Bonchev–Trinajstić information content (AvgIpc) is 2.54. The Hall–Kier alpha value is -0.800. The lowest BCUT2D eigenvalue weighted by Gasteiger charge is -2.22. The highest BCUT2D eigenvalue weighted by molar-refractivity contribution is 8.00. The first-order valence-corrected chi connectivity index (χ1v) is 8.33. The van der Waals surface area contributed by atoms with Crippen molar-refractivity contribution in [2.75, 3.05) is 25.4 Å². The van der Waals surface area contributed by atoms with Crippen molar-refractivity contribution in [3.63, 3.8) is 0 Å². The maximum Gasteiger partial charge on any atom is 0.177 e. The van der Waals surface area contributed by atoms with Gasteiger partial charge in [-0.1, -0.05) is 31.5 Å². The summed E-state index contributed by atoms with van der Waals surface area (Å²) in [5.41, 5.74) is 3.14. The number of Topliss-reactive ketones (excluding diaryl/α,β-unsaturated/α-hetero) is 1. The van der Waals surface area contributed by atoms with Gasteiger partial charge in [0.15, 0.2) is 5.78 Å². The summed E-state index contributed by atoms with van der Waals surface area (Å²) in [6.07, 6.45) is 1.15. The van der Waals surface area contributed by atoms with Crippen molar-refractivity contribution < 1.29 is 4.79 Å². The highest BCUT2D eigenvalue weighted by Gasteiger charge is 2.24. The van der Waals surface area contributed by atoms with Crippen LogP contribution in [0.25, 0.3) is 0 Å². The third-order valence-corrected chi connectivity index (χ3v) is 5.36. The molecule has 1 fully saturated rings. The summed E-state index contributed by atoms with van der Waals surface area (Å²) in [4.78, 5) is 14.8. The minimum Gasteiger partial charge on any atom is -0.295 e. The lowest BCUT2D eigenvalue weighted by molar-refractivity contribution is 0.0933. The van der Waals surface area contributed by atoms with Crippen molar-refractivity contribution >= 4 is 17.5 Å². The number of aryl methyl sites for hydroxylation is 2. The number of nitrogens with zero attached hydrogens (tertiary/aromatic N) is 1. The zero-order valence-corrected chi connectivity index (χ0v) is 13.8. The zero-order chi connectivity index (χ0) is 14.8. The number of hydrogen-bond donors (Lipinski definition) is 0. The Morgan fingerprint density at radius 1 is 1.30 bits per heavy atom. The monoisotopic (exact) mass is 291 g/mol. The third kappa shape index (κ3) is 4.10. The molecule has 1 heterocycles. The zero-order valence-electron chi connectivity index (χ0n) is 13.0. The molecule has 1 saturated heterocycles. The van der Waals surface area contributed by atoms with Crippen molar-refractivity contribution in [2.24, 2.45) is 0 Å². The molecule has 1 aliphatic heterocycles. The molecule has 20 heavy (non-hydrogen) atoms. The van der Waals surface area contributed by atoms with Gasteiger partial charge in [-0.3, -0.25) is 9.69 Å². The van der Waals surface area contributed by atoms with Gasteiger partial charge in [0.1, 0.15) is 0 Å². The van der Waals surface area contributed by atoms with Gasteiger partial charge < -0.3 is 0 Å². The third-order valence-electron chi connectivity index (χ3n) is 3.99. The molecule has 0 N–H and O–H groups in total. The lowest BCUT2D eigenvalue weighted by Crippen LogP contribution is -2.32. The number of thioether (sulfide) groups is 1. The first-order valence-electron chi connectivity index (χ1n) is 7.34. The van der Waals surface area contributed by atoms with E-state index in [1.165, 1.54) is 0 Å². The number of rotatable bonds is 3. The van der Waals surface area contributed by atoms with Crippen LogP contribution in [0.15, 0.2) is 18.2 Å². The average molecular weight is 291 g/mol. The standard InChI is InChI=1S/C17H25NOS/c1-13-5-6-14(2)15(11-13)16(19)12-18-8-7-17(3,4)20-10-9-18/h5-6,11H,7-10,12H2,1-4H3. The molecule has 0 amide bonds. The van der Waals surface area contributed by atoms with Crippen LogP contribution in [-0.2, 0) is 0 Å². The highest BCUT2D eigenvalue weighted by atomic mass is 32.2. The van der Waals surface area contributed by atoms with Gasteiger partial charge in [-0.2, -0.15) is 11.8 Å². The largest absolute Gasteiger partial charge is 0.295 e. The molecular formula is C17H25NOS. The Kier molecular flexibility index (Phi) is 4.92. The van der Waals surface area contributed by atoms with Crippen molar-refractivity contribution in [1.29, 1.82) is 0 Å². The first kappa shape index (κ1) is 15.6. The van der Waals surface area contributed by atoms with Crippen molar-refractivity contribution in [3.8, 4) is 0 Å². The van der Waals surface area contributed by atoms with Crippen LogP contribution in [0.1, 0.15) is 41.8 Å². The molecule has 2 nitrogen and oxygen atoms in total. The molecule has 0 aromatic heterocycles. The molecule has 0 unspecified atom stereocenters. The van der Waals surface area contributed by atoms with Crippen LogP contribution in [0.2, 0.25) is 0 Å². The summed E-state index contributed by atoms with van der Waals surface area (Å²) in [7, 11) is 0. The Morgan fingerprint density at radius 2 is 2.05 bits per heavy atom. The molecule has 0 saturated carbocycles. The summed E-state index contributed by atoms with van der Waals surface area (Å²) in [5, 5.41) is 0. The fourth-order valence-electron chi connectivity index (χ4n) is 2.54. The van der Waals surface area contributed by atoms with Gasteiger partial charge >= 0.3 is 0 Å². The SMILES string of the molecule is Cc1ccc(C)c(C(=O)CN2CCSC(C)(C)CC2)c1. The van der Waals surface area contributed by atoms with Gasteiger partial charge in [0, 0.05) is 22.6 Å². The van der Waals surface area contributed by atoms with E-state index in [2.05, 4.69) is 24.8 Å². The van der Waals surface area contributed by atoms with E-state index in [0.717, 1.165) is 42.0 Å². The number of carbonyl (C=O) groups excluding carboxylic acids is 1. The molecule has 0 atom stereocenters. The van der Waals surface area contributed by atoms with Crippen LogP contribution >= 0.6 is 11.8 Å². The van der Waals surface area contributed by atoms with E-state index in [1.54, 1.807) is 0 Å². The van der Waals surface area contributed by atoms with Crippen LogP contribution in [0, 0.1) is 13.8 Å². The van der Waals surface area contributed by atoms with Crippen LogP contribution in [0.5, 0.6) is 0 Å². The Balaban J connectivity index is 2.02. The molecule has 0 aliphatic carbocycles. The second-order valence-corrected chi connectivity index (χ2v) is 8.18. The minimum atomic E-state index is 0.260. The minimum absolute atomic E-state index is 0.260. The molecule has 0 bridgehead atoms. The van der Waals surface area contributed by atoms with E-state index in [9.17, 15) is 4.79 Å². The molecule has 110 valence electrons. The van der Waals surface area contributed by atoms with Gasteiger partial charge in [-0.15, -0.1) is 0 Å². The van der Waals surface area contributed by atoms with Crippen LogP contribution in [-0.4, -0.2) is 40.8 Å². The highest BCUT2D eigenvalue weighted by Crippen LogP contribution is 2.30. The molecule has 1 aliphatic rings. The Labute approximate surface area is 126 Å². The van der Waals surface area contributed by atoms with Crippen LogP contribution in [0.3, 0.4) is 0 Å². The number of carbonyl (C=O) groups is 1. The van der Waals surface area contributed by atoms with E-state index >= 15 is 0 Å². The normalized spacial score (nSPS) is 19.6. The van der Waals surface area contributed by atoms with Crippen LogP contribution in [0.4, 0.5) is 0 Å². The van der Waals surface area contributed by atoms with E-state index in [-0.39, 0.29) is 5.78 Å². The smallest absolute Gasteiger partial charge is 0.177 e. The second-order valence-electron chi connectivity index (χ2n) is 6.38. The Morgan fingerprint density at radius 3 is 2.80 bits per heavy atom. The van der Waals surface area contributed by atoms with Gasteiger partial charge in [0.2, 0.25) is 0 Å². The summed E-state index contributed by atoms with van der Waals surface area (Å²) in [6, 6.07) is 6.13. The second kappa shape index (κ2) is 6.31. The number of ketones is 1. The van der Waals surface area contributed by atoms with Crippen molar-refractivity contribution in [2.45, 2.75) is 38.9 Å². The van der Waals surface area contributed by atoms with Gasteiger partial charge in [0.05, 0.1) is 6.54 Å². The molecule has 1 aromatic carbocycles. The maximum absolute atomic E-state index is 12.5. The maximum atomic E-state index is 12.5. The summed E-state index contributed by atoms with van der Waals surface area (Å²) >= 11 is 2.02. The molecule has 0 radical (unpaired) electrons. The Bertz CT molecular complexity index is 496. The molecule has 0 spiro atoms.